The first kappa shape index (κ1) is 21.8. The summed E-state index contributed by atoms with van der Waals surface area (Å²) in [5.41, 5.74) is 3.33. The molecule has 0 spiro atoms. The lowest BCUT2D eigenvalue weighted by molar-refractivity contribution is -0.111. The van der Waals surface area contributed by atoms with Crippen LogP contribution in [0.2, 0.25) is 0 Å². The Hall–Kier alpha value is -4.38. The number of pyridine rings is 1. The molecule has 1 aliphatic heterocycles. The molecule has 3 aromatic rings. The van der Waals surface area contributed by atoms with E-state index in [4.69, 9.17) is 5.26 Å². The number of amides is 1. The first-order chi connectivity index (χ1) is 16.2. The quantitative estimate of drug-likeness (QED) is 0.598. The van der Waals surface area contributed by atoms with Crippen LogP contribution in [0.25, 0.3) is 10.9 Å². The van der Waals surface area contributed by atoms with Gasteiger partial charge in [-0.25, -0.2) is 0 Å². The number of nitrogens with zero attached hydrogens (tertiary/aromatic N) is 4. The molecule has 1 aromatic heterocycles. The van der Waals surface area contributed by atoms with Gasteiger partial charge in [-0.3, -0.25) is 14.7 Å². The van der Waals surface area contributed by atoms with E-state index in [9.17, 15) is 10.1 Å². The number of benzene rings is 2. The minimum absolute atomic E-state index is 0.356. The number of hydrogen-bond donors (Lipinski definition) is 2. The van der Waals surface area contributed by atoms with Crippen LogP contribution in [0.4, 0.5) is 17.1 Å². The number of carbonyl (C=O) groups is 1. The van der Waals surface area contributed by atoms with Gasteiger partial charge in [-0.2, -0.15) is 10.5 Å². The van der Waals surface area contributed by atoms with E-state index in [2.05, 4.69) is 44.5 Å². The summed E-state index contributed by atoms with van der Waals surface area (Å²) in [6, 6.07) is 16.6. The SMILES string of the molecule is N#Cc1cccc(Nc2c(C#N)cnc3ccc(NC(=O)C#CCN4CCCCC4)cc23)c1. The first-order valence-electron chi connectivity index (χ1n) is 10.8. The van der Waals surface area contributed by atoms with E-state index in [1.54, 1.807) is 36.4 Å². The second-order valence-corrected chi connectivity index (χ2v) is 7.80. The maximum atomic E-state index is 12.3. The standard InChI is InChI=1S/C26H22N6O/c27-16-19-6-4-7-21(14-19)31-26-20(17-28)18-29-24-10-9-22(15-23(24)26)30-25(33)8-5-13-32-11-2-1-3-12-32/h4,6-7,9-10,14-15,18H,1-3,11-13H2,(H,29,31)(H,30,33). The zero-order valence-corrected chi connectivity index (χ0v) is 18.1. The number of fused-ring (bicyclic) bond motifs is 1. The van der Waals surface area contributed by atoms with Gasteiger partial charge >= 0.3 is 0 Å². The lowest BCUT2D eigenvalue weighted by Crippen LogP contribution is -2.30. The third kappa shape index (κ3) is 5.46. The molecule has 7 heteroatoms. The Morgan fingerprint density at radius 1 is 1.03 bits per heavy atom. The van der Waals surface area contributed by atoms with Crippen molar-refractivity contribution in [3.8, 4) is 24.0 Å². The van der Waals surface area contributed by atoms with Gasteiger partial charge in [-0.05, 0) is 68.2 Å². The van der Waals surface area contributed by atoms with Crippen LogP contribution >= 0.6 is 0 Å². The highest BCUT2D eigenvalue weighted by Gasteiger charge is 2.12. The average molecular weight is 435 g/mol. The van der Waals surface area contributed by atoms with Crippen LogP contribution in [0.5, 0.6) is 0 Å². The lowest BCUT2D eigenvalue weighted by Gasteiger charge is -2.23. The molecule has 0 saturated carbocycles. The topological polar surface area (TPSA) is 105 Å². The highest BCUT2D eigenvalue weighted by atomic mass is 16.1. The summed E-state index contributed by atoms with van der Waals surface area (Å²) >= 11 is 0. The number of hydrogen-bond acceptors (Lipinski definition) is 6. The normalized spacial score (nSPS) is 13.3. The van der Waals surface area contributed by atoms with Crippen molar-refractivity contribution in [1.29, 1.82) is 10.5 Å². The Labute approximate surface area is 192 Å². The van der Waals surface area contributed by atoms with Gasteiger partial charge in [0.15, 0.2) is 0 Å². The van der Waals surface area contributed by atoms with Gasteiger partial charge in [-0.15, -0.1) is 0 Å². The van der Waals surface area contributed by atoms with Crippen molar-refractivity contribution in [2.75, 3.05) is 30.3 Å². The van der Waals surface area contributed by atoms with Crippen LogP contribution in [-0.2, 0) is 4.79 Å². The Bertz CT molecular complexity index is 1330. The van der Waals surface area contributed by atoms with Crippen LogP contribution in [0.1, 0.15) is 30.4 Å². The van der Waals surface area contributed by atoms with Gasteiger partial charge in [0.25, 0.3) is 5.91 Å². The number of likely N-dealkylation sites (tertiary alicyclic amines) is 1. The van der Waals surface area contributed by atoms with E-state index >= 15 is 0 Å². The molecule has 1 aliphatic rings. The molecule has 2 aromatic carbocycles. The zero-order chi connectivity index (χ0) is 23.0. The average Bonchev–Trinajstić information content (AvgIpc) is 2.85. The van der Waals surface area contributed by atoms with E-state index in [0.717, 1.165) is 13.1 Å². The minimum Gasteiger partial charge on any atom is -0.354 e. The number of nitrogens with one attached hydrogen (secondary N) is 2. The van der Waals surface area contributed by atoms with Gasteiger partial charge in [0, 0.05) is 23.0 Å². The highest BCUT2D eigenvalue weighted by molar-refractivity contribution is 6.06. The molecule has 0 atom stereocenters. The number of rotatable bonds is 4. The number of aromatic nitrogens is 1. The van der Waals surface area contributed by atoms with Crippen molar-refractivity contribution < 1.29 is 4.79 Å². The number of carbonyl (C=O) groups excluding carboxylic acids is 1. The van der Waals surface area contributed by atoms with Gasteiger partial charge in [-0.1, -0.05) is 18.4 Å². The summed E-state index contributed by atoms with van der Waals surface area (Å²) in [7, 11) is 0. The molecule has 1 amide bonds. The lowest BCUT2D eigenvalue weighted by atomic mass is 10.1. The van der Waals surface area contributed by atoms with Crippen LogP contribution < -0.4 is 10.6 Å². The van der Waals surface area contributed by atoms with Crippen molar-refractivity contribution in [1.82, 2.24) is 9.88 Å². The molecule has 1 saturated heterocycles. The number of nitriles is 2. The van der Waals surface area contributed by atoms with E-state index in [1.165, 1.54) is 25.5 Å². The van der Waals surface area contributed by atoms with E-state index < -0.39 is 0 Å². The predicted octanol–water partition coefficient (Wildman–Crippen LogP) is 4.15. The largest absolute Gasteiger partial charge is 0.354 e. The molecule has 7 nitrogen and oxygen atoms in total. The fourth-order valence-corrected chi connectivity index (χ4v) is 3.81. The molecule has 2 N–H and O–H groups in total. The van der Waals surface area contributed by atoms with Crippen LogP contribution in [0.3, 0.4) is 0 Å². The molecule has 0 radical (unpaired) electrons. The number of piperidine rings is 1. The summed E-state index contributed by atoms with van der Waals surface area (Å²) < 4.78 is 0. The molecular formula is C26H22N6O. The van der Waals surface area contributed by atoms with Gasteiger partial charge < -0.3 is 10.6 Å². The molecule has 0 unspecified atom stereocenters. The molecule has 0 aliphatic carbocycles. The van der Waals surface area contributed by atoms with Gasteiger partial charge in [0.1, 0.15) is 6.07 Å². The number of anilines is 3. The third-order valence-corrected chi connectivity index (χ3v) is 5.46. The van der Waals surface area contributed by atoms with Crippen molar-refractivity contribution >= 4 is 33.9 Å². The van der Waals surface area contributed by atoms with E-state index in [1.807, 2.05) is 6.07 Å². The second-order valence-electron chi connectivity index (χ2n) is 7.80. The predicted molar refractivity (Wildman–Crippen MR) is 128 cm³/mol. The molecule has 1 fully saturated rings. The first-order valence-corrected chi connectivity index (χ1v) is 10.8. The molecule has 4 rings (SSSR count). The smallest absolute Gasteiger partial charge is 0.300 e. The maximum Gasteiger partial charge on any atom is 0.300 e. The molecule has 162 valence electrons. The van der Waals surface area contributed by atoms with Gasteiger partial charge in [0.2, 0.25) is 0 Å². The fraction of sp³-hybridized carbons (Fsp3) is 0.231. The molecule has 33 heavy (non-hydrogen) atoms. The Kier molecular flexibility index (Phi) is 6.81. The zero-order valence-electron chi connectivity index (χ0n) is 18.1. The van der Waals surface area contributed by atoms with Crippen molar-refractivity contribution in [3.05, 3.63) is 59.8 Å². The van der Waals surface area contributed by atoms with Crippen molar-refractivity contribution in [2.45, 2.75) is 19.3 Å². The molecule has 0 bridgehead atoms. The molecule has 2 heterocycles. The van der Waals surface area contributed by atoms with Crippen LogP contribution in [0.15, 0.2) is 48.7 Å². The summed E-state index contributed by atoms with van der Waals surface area (Å²) in [6.07, 6.45) is 5.13. The van der Waals surface area contributed by atoms with Crippen molar-refractivity contribution in [2.24, 2.45) is 0 Å². The monoisotopic (exact) mass is 434 g/mol. The second kappa shape index (κ2) is 10.3. The highest BCUT2D eigenvalue weighted by Crippen LogP contribution is 2.31. The van der Waals surface area contributed by atoms with Crippen LogP contribution in [-0.4, -0.2) is 35.4 Å². The summed E-state index contributed by atoms with van der Waals surface area (Å²) in [4.78, 5) is 18.9. The fourth-order valence-electron chi connectivity index (χ4n) is 3.81. The van der Waals surface area contributed by atoms with Crippen molar-refractivity contribution in [3.63, 3.8) is 0 Å². The molecular weight excluding hydrogens is 412 g/mol. The van der Waals surface area contributed by atoms with E-state index in [-0.39, 0.29) is 5.91 Å². The minimum atomic E-state index is -0.382. The Morgan fingerprint density at radius 3 is 2.67 bits per heavy atom. The third-order valence-electron chi connectivity index (χ3n) is 5.46. The summed E-state index contributed by atoms with van der Waals surface area (Å²) in [5.74, 6) is 5.23. The summed E-state index contributed by atoms with van der Waals surface area (Å²) in [5, 5.41) is 25.5. The van der Waals surface area contributed by atoms with Gasteiger partial charge in [0.05, 0.1) is 34.9 Å². The summed E-state index contributed by atoms with van der Waals surface area (Å²) in [6.45, 7) is 2.65. The Balaban J connectivity index is 1.57. The maximum absolute atomic E-state index is 12.3. The Morgan fingerprint density at radius 2 is 1.88 bits per heavy atom. The van der Waals surface area contributed by atoms with E-state index in [0.29, 0.717) is 45.6 Å². The van der Waals surface area contributed by atoms with Crippen LogP contribution in [0, 0.1) is 34.5 Å².